The van der Waals surface area contributed by atoms with Crippen LogP contribution in [0.4, 0.5) is 0 Å². The van der Waals surface area contributed by atoms with Gasteiger partial charge < -0.3 is 14.6 Å². The molecule has 5 rings (SSSR count). The monoisotopic (exact) mass is 551 g/mol. The van der Waals surface area contributed by atoms with Gasteiger partial charge in [0.05, 0.1) is 24.2 Å². The quantitative estimate of drug-likeness (QED) is 0.145. The summed E-state index contributed by atoms with van der Waals surface area (Å²) in [5.41, 5.74) is 0.294. The zero-order valence-corrected chi connectivity index (χ0v) is 22.8. The maximum absolute atomic E-state index is 14.1. The van der Waals surface area contributed by atoms with Crippen LogP contribution in [0, 0.1) is 0 Å². The molecule has 0 fully saturated rings. The molecular weight excluding hydrogens is 525 g/mol. The van der Waals surface area contributed by atoms with Gasteiger partial charge in [-0.3, -0.25) is 14.5 Å². The van der Waals surface area contributed by atoms with E-state index in [0.29, 0.717) is 0 Å². The Morgan fingerprint density at radius 3 is 1.38 bits per heavy atom. The molecule has 0 saturated heterocycles. The summed E-state index contributed by atoms with van der Waals surface area (Å²) in [5, 5.41) is 16.3. The van der Waals surface area contributed by atoms with Crippen molar-refractivity contribution in [2.24, 2.45) is 0 Å². The fraction of sp³-hybridized carbons (Fsp3) is 0.0938. The molecule has 1 atom stereocenters. The highest BCUT2D eigenvalue weighted by Crippen LogP contribution is 2.65. The van der Waals surface area contributed by atoms with Gasteiger partial charge in [0, 0.05) is 0 Å². The largest absolute Gasteiger partial charge is 0.614 e. The van der Waals surface area contributed by atoms with E-state index < -0.39 is 37.0 Å². The van der Waals surface area contributed by atoms with Gasteiger partial charge in [0.2, 0.25) is 0 Å². The van der Waals surface area contributed by atoms with Crippen LogP contribution in [0.2, 0.25) is 0 Å². The van der Waals surface area contributed by atoms with Crippen LogP contribution in [0.25, 0.3) is 0 Å². The molecule has 0 bridgehead atoms. The van der Waals surface area contributed by atoms with Crippen molar-refractivity contribution < 1.29 is 29.0 Å². The number of carbonyl (C=O) groups is 3. The molecule has 2 amide bonds. The van der Waals surface area contributed by atoms with Crippen molar-refractivity contribution in [2.45, 2.75) is 6.04 Å². The smallest absolute Gasteiger partial charge is 0.337 e. The van der Waals surface area contributed by atoms with Crippen LogP contribution < -0.4 is 21.0 Å². The minimum atomic E-state index is -3.26. The van der Waals surface area contributed by atoms with Crippen molar-refractivity contribution >= 4 is 41.0 Å². The molecular formula is C32H26NO6P. The molecule has 0 N–H and O–H groups in total. The number of carbonyl (C=O) groups excluding carboxylic acids is 3. The first-order valence-electron chi connectivity index (χ1n) is 12.5. The second-order valence-corrected chi connectivity index (χ2v) is 12.4. The zero-order valence-electron chi connectivity index (χ0n) is 21.9. The van der Waals surface area contributed by atoms with Gasteiger partial charge in [0.1, 0.15) is 28.5 Å². The molecule has 0 saturated carbocycles. The lowest BCUT2D eigenvalue weighted by Crippen LogP contribution is -2.51. The summed E-state index contributed by atoms with van der Waals surface area (Å²) in [4.78, 5) is 42.1. The zero-order chi connectivity index (χ0) is 28.3. The highest BCUT2D eigenvalue weighted by atomic mass is 31.2. The van der Waals surface area contributed by atoms with Gasteiger partial charge in [0.15, 0.2) is 6.04 Å². The van der Waals surface area contributed by atoms with Crippen LogP contribution in [0.3, 0.4) is 0 Å². The third-order valence-corrected chi connectivity index (χ3v) is 11.3. The van der Waals surface area contributed by atoms with Gasteiger partial charge in [-0.15, -0.1) is 0 Å². The minimum Gasteiger partial charge on any atom is -0.614 e. The van der Waals surface area contributed by atoms with Crippen LogP contribution in [-0.4, -0.2) is 42.9 Å². The lowest BCUT2D eigenvalue weighted by molar-refractivity contribution is -0.354. The molecule has 7 nitrogen and oxygen atoms in total. The molecule has 1 heterocycles. The first-order chi connectivity index (χ1) is 19.5. The van der Waals surface area contributed by atoms with Crippen LogP contribution in [0.1, 0.15) is 20.7 Å². The fourth-order valence-corrected chi connectivity index (χ4v) is 9.79. The number of imide groups is 1. The van der Waals surface area contributed by atoms with E-state index in [-0.39, 0.29) is 16.4 Å². The molecule has 4 aromatic carbocycles. The van der Waals surface area contributed by atoms with Crippen molar-refractivity contribution in [2.75, 3.05) is 14.2 Å². The first-order valence-corrected chi connectivity index (χ1v) is 14.3. The molecule has 4 aromatic rings. The van der Waals surface area contributed by atoms with Crippen LogP contribution in [-0.2, 0) is 14.3 Å². The lowest BCUT2D eigenvalue weighted by atomic mass is 10.1. The summed E-state index contributed by atoms with van der Waals surface area (Å²) in [7, 11) is -0.885. The Morgan fingerprint density at radius 2 is 1.02 bits per heavy atom. The molecule has 8 heteroatoms. The minimum absolute atomic E-state index is 0.0417. The van der Waals surface area contributed by atoms with Crippen LogP contribution >= 0.6 is 7.26 Å². The van der Waals surface area contributed by atoms with Crippen LogP contribution in [0.5, 0.6) is 0 Å². The lowest BCUT2D eigenvalue weighted by Gasteiger charge is -2.36. The number of hydrogen-bond acceptors (Lipinski definition) is 6. The summed E-state index contributed by atoms with van der Waals surface area (Å²) in [6.07, 6.45) is 0. The van der Waals surface area contributed by atoms with E-state index in [0.717, 1.165) is 27.9 Å². The van der Waals surface area contributed by atoms with Crippen LogP contribution in [0.15, 0.2) is 127 Å². The van der Waals surface area contributed by atoms with Crippen molar-refractivity contribution in [3.8, 4) is 0 Å². The second-order valence-electron chi connectivity index (χ2n) is 9.01. The number of amides is 2. The molecule has 0 radical (unpaired) electrons. The summed E-state index contributed by atoms with van der Waals surface area (Å²) < 4.78 is 10.6. The Balaban J connectivity index is 1.92. The van der Waals surface area contributed by atoms with Crippen molar-refractivity contribution in [3.63, 3.8) is 0 Å². The van der Waals surface area contributed by atoms with Crippen molar-refractivity contribution in [1.82, 2.24) is 4.90 Å². The van der Waals surface area contributed by atoms with E-state index in [1.807, 2.05) is 91.0 Å². The number of ether oxygens (including phenoxy) is 2. The summed E-state index contributed by atoms with van der Waals surface area (Å²) in [5.74, 6) is -3.13. The molecule has 0 aliphatic carbocycles. The van der Waals surface area contributed by atoms with Gasteiger partial charge >= 0.3 is 5.97 Å². The molecule has 1 aliphatic heterocycles. The van der Waals surface area contributed by atoms with Gasteiger partial charge in [-0.05, 0) is 55.6 Å². The maximum Gasteiger partial charge on any atom is 0.337 e. The molecule has 1 unspecified atom stereocenters. The third-order valence-electron chi connectivity index (χ3n) is 6.95. The number of methoxy groups -OCH3 is 2. The number of fused-ring (bicyclic) bond motifs is 1. The summed E-state index contributed by atoms with van der Waals surface area (Å²) >= 11 is 0. The molecule has 40 heavy (non-hydrogen) atoms. The second kappa shape index (κ2) is 11.2. The summed E-state index contributed by atoms with van der Waals surface area (Å²) in [6.45, 7) is 0. The Bertz CT molecular complexity index is 1460. The average molecular weight is 552 g/mol. The van der Waals surface area contributed by atoms with Gasteiger partial charge in [-0.1, -0.05) is 66.7 Å². The Hall–Kier alpha value is -4.74. The van der Waals surface area contributed by atoms with Crippen molar-refractivity contribution in [1.29, 1.82) is 0 Å². The average Bonchev–Trinajstić information content (AvgIpc) is 3.27. The highest BCUT2D eigenvalue weighted by Gasteiger charge is 2.59. The number of benzene rings is 4. The Labute approximate surface area is 232 Å². The van der Waals surface area contributed by atoms with E-state index in [4.69, 9.17) is 9.47 Å². The fourth-order valence-electron chi connectivity index (χ4n) is 5.25. The van der Waals surface area contributed by atoms with E-state index >= 15 is 0 Å². The van der Waals surface area contributed by atoms with Gasteiger partial charge in [-0.25, -0.2) is 4.79 Å². The Kier molecular flexibility index (Phi) is 7.50. The van der Waals surface area contributed by atoms with E-state index in [9.17, 15) is 19.5 Å². The number of rotatable bonds is 8. The normalized spacial score (nSPS) is 14.3. The SMILES string of the molecule is COC(=O)C(/C(=C(/[O-])OC)[P+](c1ccccc1)(c1ccccc1)c1ccccc1)N1C(=O)c2ccccc2C1=O. The first kappa shape index (κ1) is 26.9. The number of esters is 1. The van der Waals surface area contributed by atoms with Gasteiger partial charge in [-0.2, -0.15) is 0 Å². The van der Waals surface area contributed by atoms with E-state index in [2.05, 4.69) is 0 Å². The molecule has 200 valence electrons. The third kappa shape index (κ3) is 4.25. The standard InChI is InChI=1S/C32H26NO6P/c1-38-31(36)27(33-29(34)25-20-12-13-21-26(25)30(33)35)28(32(37)39-2)40(22-14-6-3-7-15-22,23-16-8-4-9-17-23)24-18-10-5-11-19-24/h3-21,27H,1-2H3/b32-28+. The molecule has 1 aliphatic rings. The highest BCUT2D eigenvalue weighted by molar-refractivity contribution is 7.99. The van der Waals surface area contributed by atoms with E-state index in [1.165, 1.54) is 19.2 Å². The topological polar surface area (TPSA) is 96.0 Å². The number of hydrogen-bond donors (Lipinski definition) is 0. The summed E-state index contributed by atoms with van der Waals surface area (Å²) in [6, 6.07) is 32.6. The predicted molar refractivity (Wildman–Crippen MR) is 152 cm³/mol. The predicted octanol–water partition coefficient (Wildman–Crippen LogP) is 2.99. The maximum atomic E-state index is 14.1. The molecule has 0 aromatic heterocycles. The van der Waals surface area contributed by atoms with Crippen molar-refractivity contribution in [3.05, 3.63) is 138 Å². The Morgan fingerprint density at radius 1 is 0.650 bits per heavy atom. The van der Waals surface area contributed by atoms with Gasteiger partial charge in [0.25, 0.3) is 11.8 Å². The number of nitrogens with zero attached hydrogens (tertiary/aromatic N) is 1. The van der Waals surface area contributed by atoms with E-state index in [1.54, 1.807) is 12.1 Å². The molecule has 0 spiro atoms.